The number of nitrogens with one attached hydrogen (secondary N) is 1. The highest BCUT2D eigenvalue weighted by Crippen LogP contribution is 2.53. The first-order valence-corrected chi connectivity index (χ1v) is 13.1. The molecule has 1 saturated heterocycles. The van der Waals surface area contributed by atoms with E-state index in [1.165, 1.54) is 0 Å². The zero-order chi connectivity index (χ0) is 12.8. The Kier molecular flexibility index (Phi) is 9.02. The molecule has 0 bridgehead atoms. The van der Waals surface area contributed by atoms with Gasteiger partial charge in [-0.3, -0.25) is 9.88 Å². The van der Waals surface area contributed by atoms with Crippen molar-refractivity contribution in [2.45, 2.75) is 18.9 Å². The number of carbonyl (C=O) groups excluding carboxylic acids is 1. The van der Waals surface area contributed by atoms with Crippen LogP contribution in [-0.2, 0) is 9.32 Å². The normalized spacial score (nSPS) is 23.2. The molecule has 1 rings (SSSR count). The summed E-state index contributed by atoms with van der Waals surface area (Å²) in [5.41, 5.74) is 0. The van der Waals surface area contributed by atoms with Crippen molar-refractivity contribution in [2.75, 3.05) is 13.2 Å². The summed E-state index contributed by atoms with van der Waals surface area (Å²) >= 11 is 0. The van der Waals surface area contributed by atoms with Crippen LogP contribution in [0, 0.1) is 5.92 Å². The van der Waals surface area contributed by atoms with Gasteiger partial charge in [0.1, 0.15) is 0 Å². The number of hydrogen-bond donors (Lipinski definition) is 1. The molecule has 1 N–H and O–H groups in total. The summed E-state index contributed by atoms with van der Waals surface area (Å²) in [6, 6.07) is 0.229. The van der Waals surface area contributed by atoms with E-state index in [2.05, 4.69) is 41.3 Å². The van der Waals surface area contributed by atoms with Crippen molar-refractivity contribution in [2.24, 2.45) is 5.92 Å². The lowest BCUT2D eigenvalue weighted by molar-refractivity contribution is -0.127. The molecular formula is C7H20N2O2P6. The Balaban J connectivity index is 2.38. The van der Waals surface area contributed by atoms with Crippen molar-refractivity contribution in [3.05, 3.63) is 0 Å². The molecule has 17 heavy (non-hydrogen) atoms. The van der Waals surface area contributed by atoms with Crippen LogP contribution >= 0.6 is 52.1 Å². The molecule has 100 valence electrons. The van der Waals surface area contributed by atoms with Gasteiger partial charge in [-0.1, -0.05) is 36.2 Å². The first-order chi connectivity index (χ1) is 8.08. The van der Waals surface area contributed by atoms with Crippen LogP contribution in [-0.4, -0.2) is 29.8 Å². The lowest BCUT2D eigenvalue weighted by Crippen LogP contribution is -2.30. The van der Waals surface area contributed by atoms with Gasteiger partial charge >= 0.3 is 0 Å². The van der Waals surface area contributed by atoms with Gasteiger partial charge in [-0.25, -0.2) is 0 Å². The molecule has 0 aromatic rings. The number of carbonyl (C=O) groups is 1. The molecule has 0 saturated carbocycles. The summed E-state index contributed by atoms with van der Waals surface area (Å²) in [6.45, 7) is 1.55. The minimum atomic E-state index is -0.493. The number of hydrogen-bond acceptors (Lipinski definition) is 3. The summed E-state index contributed by atoms with van der Waals surface area (Å²) in [6.07, 6.45) is 1.83. The van der Waals surface area contributed by atoms with E-state index in [0.717, 1.165) is 19.4 Å². The lowest BCUT2D eigenvalue weighted by atomic mass is 9.99. The summed E-state index contributed by atoms with van der Waals surface area (Å²) in [7, 11) is 10.5. The minimum absolute atomic E-state index is 0.157. The highest BCUT2D eigenvalue weighted by atomic mass is 32.4. The summed E-state index contributed by atoms with van der Waals surface area (Å²) in [5, 5.41) is 3.15. The van der Waals surface area contributed by atoms with Gasteiger partial charge < -0.3 is 9.19 Å². The molecule has 4 nitrogen and oxygen atoms in total. The summed E-state index contributed by atoms with van der Waals surface area (Å²) in [5.74, 6) is 0.451. The highest BCUT2D eigenvalue weighted by molar-refractivity contribution is 8.41. The van der Waals surface area contributed by atoms with Gasteiger partial charge in [0.25, 0.3) is 0 Å². The van der Waals surface area contributed by atoms with Crippen LogP contribution in [0.25, 0.3) is 0 Å². The quantitative estimate of drug-likeness (QED) is 0.717. The zero-order valence-corrected chi connectivity index (χ0v) is 16.0. The van der Waals surface area contributed by atoms with Gasteiger partial charge in [-0.15, -0.1) is 0 Å². The van der Waals surface area contributed by atoms with Gasteiger partial charge in [-0.05, 0) is 21.3 Å². The monoisotopic (exact) mass is 350 g/mol. The maximum atomic E-state index is 12.0. The van der Waals surface area contributed by atoms with Crippen LogP contribution < -0.4 is 5.09 Å². The Morgan fingerprint density at radius 3 is 2.82 bits per heavy atom. The van der Waals surface area contributed by atoms with E-state index in [4.69, 9.17) is 4.52 Å². The van der Waals surface area contributed by atoms with Crippen LogP contribution in [0.5, 0.6) is 0 Å². The van der Waals surface area contributed by atoms with Crippen molar-refractivity contribution in [3.8, 4) is 0 Å². The van der Waals surface area contributed by atoms with E-state index in [1.807, 2.05) is 4.67 Å². The van der Waals surface area contributed by atoms with Crippen molar-refractivity contribution in [1.82, 2.24) is 9.76 Å². The fraction of sp³-hybridized carbons (Fsp3) is 0.857. The molecular weight excluding hydrogens is 330 g/mol. The Morgan fingerprint density at radius 2 is 2.35 bits per heavy atom. The lowest BCUT2D eigenvalue weighted by Gasteiger charge is -2.20. The van der Waals surface area contributed by atoms with Crippen molar-refractivity contribution >= 4 is 58.0 Å². The second-order valence-corrected chi connectivity index (χ2v) is 11.6. The van der Waals surface area contributed by atoms with Crippen molar-refractivity contribution < 1.29 is 9.32 Å². The molecule has 7 unspecified atom stereocenters. The van der Waals surface area contributed by atoms with E-state index >= 15 is 0 Å². The van der Waals surface area contributed by atoms with Gasteiger partial charge in [0.05, 0.1) is 14.1 Å². The molecule has 1 aliphatic rings. The van der Waals surface area contributed by atoms with Gasteiger partial charge in [-0.2, -0.15) is 0 Å². The van der Waals surface area contributed by atoms with Crippen molar-refractivity contribution in [3.63, 3.8) is 0 Å². The van der Waals surface area contributed by atoms with Crippen molar-refractivity contribution in [1.29, 1.82) is 0 Å². The minimum Gasteiger partial charge on any atom is -0.350 e. The molecule has 7 atom stereocenters. The molecule has 10 heteroatoms. The van der Waals surface area contributed by atoms with Crippen LogP contribution in [0.3, 0.4) is 0 Å². The standard InChI is InChI=1S/C7H20N2O2P6/c10-7-5(1-2-9(7)16-13)3-6(8-12)4-11-17(14)15/h5-6,8,16H,1-4,12-15H2. The average Bonchev–Trinajstić information content (AvgIpc) is 2.65. The molecule has 0 radical (unpaired) electrons. The molecule has 1 heterocycles. The smallest absolute Gasteiger partial charge is 0.229 e. The number of rotatable bonds is 7. The number of amides is 1. The maximum Gasteiger partial charge on any atom is 0.229 e. The Morgan fingerprint density at radius 1 is 1.65 bits per heavy atom. The Labute approximate surface area is 115 Å². The zero-order valence-electron chi connectivity index (χ0n) is 9.50. The first-order valence-electron chi connectivity index (χ1n) is 5.24. The predicted molar refractivity (Wildman–Crippen MR) is 91.4 cm³/mol. The Bertz CT molecular complexity index is 257. The van der Waals surface area contributed by atoms with E-state index in [9.17, 15) is 4.79 Å². The third-order valence-corrected chi connectivity index (χ3v) is 6.21. The van der Waals surface area contributed by atoms with Crippen LogP contribution in [0.15, 0.2) is 0 Å². The number of nitrogens with zero attached hydrogens (tertiary/aromatic N) is 1. The fourth-order valence-electron chi connectivity index (χ4n) is 1.79. The first kappa shape index (κ1) is 17.0. The van der Waals surface area contributed by atoms with E-state index in [-0.39, 0.29) is 12.0 Å². The summed E-state index contributed by atoms with van der Waals surface area (Å²) in [4.78, 5) is 12.0. The Hall–Kier alpha value is 1.97. The highest BCUT2D eigenvalue weighted by Gasteiger charge is 2.32. The molecule has 1 aliphatic heterocycles. The second kappa shape index (κ2) is 9.01. The molecule has 0 aromatic heterocycles. The molecule has 1 fully saturated rings. The molecule has 0 aromatic carbocycles. The van der Waals surface area contributed by atoms with E-state index < -0.39 is 7.53 Å². The summed E-state index contributed by atoms with van der Waals surface area (Å²) < 4.78 is 7.51. The second-order valence-electron chi connectivity index (χ2n) is 3.86. The van der Waals surface area contributed by atoms with E-state index in [0.29, 0.717) is 20.9 Å². The molecule has 1 amide bonds. The third-order valence-electron chi connectivity index (χ3n) is 2.70. The topological polar surface area (TPSA) is 41.6 Å². The molecule has 0 aliphatic carbocycles. The van der Waals surface area contributed by atoms with Crippen LogP contribution in [0.1, 0.15) is 12.8 Å². The van der Waals surface area contributed by atoms with Gasteiger partial charge in [0.15, 0.2) is 0 Å². The van der Waals surface area contributed by atoms with Crippen LogP contribution in [0.4, 0.5) is 0 Å². The average molecular weight is 350 g/mol. The van der Waals surface area contributed by atoms with E-state index in [1.54, 1.807) is 0 Å². The largest absolute Gasteiger partial charge is 0.350 e. The SMILES string of the molecule is O=C1C(CC(COP(P)P)NP)CCN1PP. The fourth-order valence-corrected chi connectivity index (χ4v) is 4.23. The predicted octanol–water partition coefficient (Wildman–Crippen LogP) is 2.35. The third kappa shape index (κ3) is 5.86. The maximum absolute atomic E-state index is 12.0. The molecule has 0 spiro atoms. The van der Waals surface area contributed by atoms with Gasteiger partial charge in [0, 0.05) is 18.5 Å². The van der Waals surface area contributed by atoms with Crippen LogP contribution in [0.2, 0.25) is 0 Å². The van der Waals surface area contributed by atoms with Gasteiger partial charge in [0.2, 0.25) is 5.91 Å².